The van der Waals surface area contributed by atoms with Gasteiger partial charge in [0.25, 0.3) is 6.43 Å². The summed E-state index contributed by atoms with van der Waals surface area (Å²) >= 11 is 0. The maximum Gasteiger partial charge on any atom is 0.263 e. The third-order valence-corrected chi connectivity index (χ3v) is 3.58. The lowest BCUT2D eigenvalue weighted by atomic mass is 9.78. The minimum atomic E-state index is -2.92. The quantitative estimate of drug-likeness (QED) is 0.828. The molecule has 2 nitrogen and oxygen atoms in total. The molecule has 6 heteroatoms. The van der Waals surface area contributed by atoms with E-state index in [4.69, 9.17) is 4.84 Å². The highest BCUT2D eigenvalue weighted by Gasteiger charge is 2.55. The van der Waals surface area contributed by atoms with Gasteiger partial charge in [0.05, 0.1) is 6.10 Å². The lowest BCUT2D eigenvalue weighted by molar-refractivity contribution is -0.0405. The Bertz CT molecular complexity index is 454. The summed E-state index contributed by atoms with van der Waals surface area (Å²) in [6.45, 7) is 3.11. The summed E-state index contributed by atoms with van der Waals surface area (Å²) in [5, 5.41) is 0. The van der Waals surface area contributed by atoms with Gasteiger partial charge in [0, 0.05) is 11.5 Å². The molecule has 100 valence electrons. The Morgan fingerprint density at radius 3 is 2.44 bits per heavy atom. The minimum absolute atomic E-state index is 0.408. The van der Waals surface area contributed by atoms with E-state index in [1.807, 2.05) is 0 Å². The molecule has 1 aliphatic heterocycles. The Morgan fingerprint density at radius 2 is 1.94 bits per heavy atom. The normalized spacial score (nSPS) is 32.2. The van der Waals surface area contributed by atoms with E-state index in [-0.39, 0.29) is 0 Å². The van der Waals surface area contributed by atoms with E-state index in [9.17, 15) is 17.6 Å². The summed E-state index contributed by atoms with van der Waals surface area (Å²) in [7, 11) is 0. The lowest BCUT2D eigenvalue weighted by Crippen LogP contribution is -2.48. The minimum Gasteiger partial charge on any atom is -0.297 e. The number of hydrogen-bond donors (Lipinski definition) is 1. The van der Waals surface area contributed by atoms with Crippen LogP contribution in [0.15, 0.2) is 18.2 Å². The first-order valence-corrected chi connectivity index (χ1v) is 5.56. The molecule has 1 N–H and O–H groups in total. The fourth-order valence-corrected chi connectivity index (χ4v) is 2.24. The van der Waals surface area contributed by atoms with Crippen LogP contribution in [0.5, 0.6) is 0 Å². The number of nitrogens with one attached hydrogen (secondary N) is 1. The number of halogens is 4. The Hall–Kier alpha value is -1.14. The highest BCUT2D eigenvalue weighted by Crippen LogP contribution is 2.43. The first-order valence-electron chi connectivity index (χ1n) is 5.56. The van der Waals surface area contributed by atoms with Gasteiger partial charge in [-0.05, 0) is 13.0 Å². The Labute approximate surface area is 102 Å². The summed E-state index contributed by atoms with van der Waals surface area (Å²) in [6.07, 6.45) is -3.45. The molecule has 1 fully saturated rings. The second-order valence-corrected chi connectivity index (χ2v) is 4.48. The fourth-order valence-electron chi connectivity index (χ4n) is 2.24. The van der Waals surface area contributed by atoms with Gasteiger partial charge in [-0.25, -0.2) is 17.6 Å². The molecule has 0 radical (unpaired) electrons. The highest BCUT2D eigenvalue weighted by atomic mass is 19.3. The summed E-state index contributed by atoms with van der Waals surface area (Å²) in [5.41, 5.74) is -0.233. The Morgan fingerprint density at radius 1 is 1.28 bits per heavy atom. The summed E-state index contributed by atoms with van der Waals surface area (Å²) < 4.78 is 53.7. The predicted molar refractivity (Wildman–Crippen MR) is 56.9 cm³/mol. The van der Waals surface area contributed by atoms with E-state index in [1.165, 1.54) is 13.0 Å². The van der Waals surface area contributed by atoms with Gasteiger partial charge >= 0.3 is 0 Å². The first-order chi connectivity index (χ1) is 8.41. The van der Waals surface area contributed by atoms with E-state index in [2.05, 4.69) is 5.48 Å². The third-order valence-electron chi connectivity index (χ3n) is 3.58. The van der Waals surface area contributed by atoms with Crippen molar-refractivity contribution in [2.24, 2.45) is 5.92 Å². The molecule has 0 aliphatic carbocycles. The van der Waals surface area contributed by atoms with Crippen LogP contribution in [0.25, 0.3) is 0 Å². The zero-order chi connectivity index (χ0) is 13.5. The molecule has 1 unspecified atom stereocenters. The van der Waals surface area contributed by atoms with E-state index < -0.39 is 41.2 Å². The molecule has 1 aliphatic rings. The zero-order valence-corrected chi connectivity index (χ0v) is 9.88. The molecule has 0 bridgehead atoms. The molecule has 2 rings (SSSR count). The van der Waals surface area contributed by atoms with Crippen LogP contribution in [-0.2, 0) is 10.4 Å². The van der Waals surface area contributed by atoms with Crippen LogP contribution in [0.1, 0.15) is 19.4 Å². The van der Waals surface area contributed by atoms with Gasteiger partial charge in [0.2, 0.25) is 0 Å². The molecular formula is C12H13F4NO. The maximum absolute atomic E-state index is 13.8. The molecule has 1 heterocycles. The van der Waals surface area contributed by atoms with Crippen molar-refractivity contribution < 1.29 is 22.4 Å². The van der Waals surface area contributed by atoms with Crippen molar-refractivity contribution in [3.63, 3.8) is 0 Å². The van der Waals surface area contributed by atoms with Crippen LogP contribution >= 0.6 is 0 Å². The van der Waals surface area contributed by atoms with Crippen molar-refractivity contribution in [1.82, 2.24) is 5.48 Å². The number of alkyl halides is 2. The zero-order valence-electron chi connectivity index (χ0n) is 9.88. The van der Waals surface area contributed by atoms with Crippen LogP contribution < -0.4 is 5.48 Å². The second kappa shape index (κ2) is 4.51. The second-order valence-electron chi connectivity index (χ2n) is 4.48. The summed E-state index contributed by atoms with van der Waals surface area (Å²) in [5.74, 6) is -3.12. The van der Waals surface area contributed by atoms with Crippen molar-refractivity contribution in [2.75, 3.05) is 0 Å². The van der Waals surface area contributed by atoms with Crippen molar-refractivity contribution >= 4 is 0 Å². The maximum atomic E-state index is 13.8. The molecule has 1 saturated heterocycles. The van der Waals surface area contributed by atoms with E-state index >= 15 is 0 Å². The molecule has 0 aromatic heterocycles. The third kappa shape index (κ3) is 1.71. The molecule has 3 atom stereocenters. The highest BCUT2D eigenvalue weighted by molar-refractivity contribution is 5.30. The Kier molecular flexibility index (Phi) is 3.33. The van der Waals surface area contributed by atoms with Gasteiger partial charge < -0.3 is 0 Å². The van der Waals surface area contributed by atoms with Crippen molar-refractivity contribution in [3.8, 4) is 0 Å². The molecule has 0 amide bonds. The molecule has 1 aromatic carbocycles. The van der Waals surface area contributed by atoms with Crippen LogP contribution in [0.3, 0.4) is 0 Å². The van der Waals surface area contributed by atoms with Gasteiger partial charge in [0.15, 0.2) is 11.6 Å². The number of hydrogen-bond acceptors (Lipinski definition) is 2. The number of benzene rings is 1. The van der Waals surface area contributed by atoms with Crippen molar-refractivity contribution in [1.29, 1.82) is 0 Å². The van der Waals surface area contributed by atoms with Crippen LogP contribution in [0.4, 0.5) is 17.6 Å². The summed E-state index contributed by atoms with van der Waals surface area (Å²) in [4.78, 5) is 4.97. The fraction of sp³-hybridized carbons (Fsp3) is 0.500. The van der Waals surface area contributed by atoms with Crippen LogP contribution in [-0.4, -0.2) is 12.5 Å². The van der Waals surface area contributed by atoms with Crippen LogP contribution in [0, 0.1) is 17.6 Å². The van der Waals surface area contributed by atoms with E-state index in [1.54, 1.807) is 6.92 Å². The predicted octanol–water partition coefficient (Wildman–Crippen LogP) is 2.98. The standard InChI is InChI=1S/C12H13F4NO/c1-6-7(2)18-17-12(6,11(15)16)8-4-3-5-9(13)10(8)14/h3-7,11,17H,1-2H3/t6-,7+,12?/m0/s1. The average molecular weight is 263 g/mol. The molecule has 18 heavy (non-hydrogen) atoms. The molecule has 1 aromatic rings. The van der Waals surface area contributed by atoms with Gasteiger partial charge in [-0.1, -0.05) is 19.1 Å². The van der Waals surface area contributed by atoms with Gasteiger partial charge in [0.1, 0.15) is 5.54 Å². The van der Waals surface area contributed by atoms with Gasteiger partial charge in [-0.15, -0.1) is 0 Å². The first kappa shape index (κ1) is 13.3. The summed E-state index contributed by atoms with van der Waals surface area (Å²) in [6, 6.07) is 3.24. The van der Waals surface area contributed by atoms with Gasteiger partial charge in [-0.3, -0.25) is 4.84 Å². The number of rotatable bonds is 2. The Balaban J connectivity index is 2.59. The molecule has 0 spiro atoms. The molecular weight excluding hydrogens is 250 g/mol. The van der Waals surface area contributed by atoms with E-state index in [0.29, 0.717) is 0 Å². The average Bonchev–Trinajstić information content (AvgIpc) is 2.61. The SMILES string of the molecule is C[C@H]1ONC(c2cccc(F)c2F)(C(F)F)[C@H]1C. The van der Waals surface area contributed by atoms with Crippen molar-refractivity contribution in [3.05, 3.63) is 35.4 Å². The van der Waals surface area contributed by atoms with Crippen LogP contribution in [0.2, 0.25) is 0 Å². The van der Waals surface area contributed by atoms with Gasteiger partial charge in [-0.2, -0.15) is 5.48 Å². The topological polar surface area (TPSA) is 21.3 Å². The monoisotopic (exact) mass is 263 g/mol. The molecule has 0 saturated carbocycles. The van der Waals surface area contributed by atoms with E-state index in [0.717, 1.165) is 12.1 Å². The van der Waals surface area contributed by atoms with Crippen molar-refractivity contribution in [2.45, 2.75) is 31.9 Å². The number of hydroxylamine groups is 1. The smallest absolute Gasteiger partial charge is 0.263 e. The lowest BCUT2D eigenvalue weighted by Gasteiger charge is -2.32. The largest absolute Gasteiger partial charge is 0.297 e.